The van der Waals surface area contributed by atoms with Crippen molar-refractivity contribution in [3.05, 3.63) is 49.0 Å². The lowest BCUT2D eigenvalue weighted by Crippen LogP contribution is -2.37. The Morgan fingerprint density at radius 1 is 0.519 bits per heavy atom. The van der Waals surface area contributed by atoms with E-state index in [1.165, 1.54) is 141 Å². The highest BCUT2D eigenvalue weighted by molar-refractivity contribution is 7.47. The molecule has 0 saturated heterocycles. The fourth-order valence-electron chi connectivity index (χ4n) is 5.62. The summed E-state index contributed by atoms with van der Waals surface area (Å²) in [5.41, 5.74) is 0. The number of hydrogen-bond acceptors (Lipinski definition) is 5. The molecule has 1 unspecified atom stereocenters. The third-order valence-electron chi connectivity index (χ3n) is 9.05. The van der Waals surface area contributed by atoms with Crippen LogP contribution in [0, 0.1) is 0 Å². The summed E-state index contributed by atoms with van der Waals surface area (Å²) in [5, 5.41) is 0. The van der Waals surface area contributed by atoms with E-state index in [-0.39, 0.29) is 19.8 Å². The lowest BCUT2D eigenvalue weighted by Gasteiger charge is -2.24. The molecule has 0 aliphatic rings. The number of ether oxygens (including phenoxy) is 2. The highest BCUT2D eigenvalue weighted by atomic mass is 31.2. The summed E-state index contributed by atoms with van der Waals surface area (Å²) in [7, 11) is 1.82. The maximum absolute atomic E-state index is 12.4. The average Bonchev–Trinajstić information content (AvgIpc) is 3.10. The Morgan fingerprint density at radius 2 is 0.904 bits per heavy atom. The van der Waals surface area contributed by atoms with Crippen LogP contribution in [0.25, 0.3) is 0 Å². The lowest BCUT2D eigenvalue weighted by molar-refractivity contribution is -0.870. The Hall–Kier alpha value is -1.37. The monoisotopic (exact) mass is 755 g/mol. The summed E-state index contributed by atoms with van der Waals surface area (Å²) in [4.78, 5) is 10.2. The Morgan fingerprint density at radius 3 is 1.33 bits per heavy atom. The quantitative estimate of drug-likeness (QED) is 0.0221. The first-order chi connectivity index (χ1) is 25.2. The van der Waals surface area contributed by atoms with Crippen LogP contribution in [0.4, 0.5) is 0 Å². The van der Waals surface area contributed by atoms with E-state index in [0.717, 1.165) is 25.7 Å². The Labute approximate surface area is 322 Å². The summed E-state index contributed by atoms with van der Waals surface area (Å²) >= 11 is 0. The number of hydrogen-bond donors (Lipinski definition) is 1. The van der Waals surface area contributed by atoms with Crippen LogP contribution in [-0.2, 0) is 23.1 Å². The molecule has 0 aliphatic carbocycles. The van der Waals surface area contributed by atoms with Crippen LogP contribution in [0.1, 0.15) is 181 Å². The van der Waals surface area contributed by atoms with Crippen molar-refractivity contribution in [1.82, 2.24) is 0 Å². The van der Waals surface area contributed by atoms with Gasteiger partial charge in [-0.25, -0.2) is 4.57 Å². The zero-order valence-electron chi connectivity index (χ0n) is 34.8. The van der Waals surface area contributed by atoms with Crippen molar-refractivity contribution >= 4 is 7.82 Å². The molecule has 0 saturated carbocycles. The molecule has 0 rings (SSSR count). The van der Waals surface area contributed by atoms with Gasteiger partial charge in [0.25, 0.3) is 0 Å². The molecule has 0 amide bonds. The minimum absolute atomic E-state index is 0.0981. The van der Waals surface area contributed by atoms with E-state index in [4.69, 9.17) is 18.5 Å². The molecule has 0 aliphatic heterocycles. The molecule has 7 nitrogen and oxygen atoms in total. The zero-order chi connectivity index (χ0) is 38.3. The minimum Gasteiger partial charge on any atom is -0.498 e. The largest absolute Gasteiger partial charge is 0.498 e. The first-order valence-electron chi connectivity index (χ1n) is 21.5. The lowest BCUT2D eigenvalue weighted by atomic mass is 10.1. The van der Waals surface area contributed by atoms with Gasteiger partial charge in [0.2, 0.25) is 0 Å². The Balaban J connectivity index is 4.25. The van der Waals surface area contributed by atoms with Gasteiger partial charge in [0, 0.05) is 0 Å². The van der Waals surface area contributed by atoms with Crippen LogP contribution in [0.3, 0.4) is 0 Å². The van der Waals surface area contributed by atoms with Gasteiger partial charge in [0.15, 0.2) is 6.10 Å². The molecule has 8 heteroatoms. The molecular weight excluding hydrogens is 669 g/mol. The van der Waals surface area contributed by atoms with Gasteiger partial charge >= 0.3 is 7.82 Å². The third kappa shape index (κ3) is 41.4. The highest BCUT2D eigenvalue weighted by Crippen LogP contribution is 2.43. The molecule has 2 atom stereocenters. The first-order valence-corrected chi connectivity index (χ1v) is 23.0. The first kappa shape index (κ1) is 50.6. The van der Waals surface area contributed by atoms with Gasteiger partial charge in [-0.2, -0.15) is 0 Å². The second-order valence-electron chi connectivity index (χ2n) is 15.5. The topological polar surface area (TPSA) is 74.2 Å². The molecule has 0 aromatic carbocycles. The van der Waals surface area contributed by atoms with Gasteiger partial charge in [0.1, 0.15) is 19.8 Å². The molecule has 0 heterocycles. The standard InChI is InChI=1S/C44H84NO6P/c1-6-8-10-12-14-16-18-20-22-24-26-28-30-32-34-36-39-48-42-44(43-51-52(46,47)50-41-38-45(3,4)5)49-40-37-35-33-31-29-27-25-23-21-19-17-15-13-11-9-7-2/h16-19,36-37,39-40,44H,6-15,20-35,38,41-43H2,1-5H3/p+1/b18-16-,19-17-,39-36-,40-37-/t44-/m1/s1. The summed E-state index contributed by atoms with van der Waals surface area (Å²) in [6.45, 7) is 5.38. The molecule has 0 aromatic heterocycles. The van der Waals surface area contributed by atoms with E-state index >= 15 is 0 Å². The summed E-state index contributed by atoms with van der Waals surface area (Å²) in [6.07, 6.45) is 49.1. The predicted molar refractivity (Wildman–Crippen MR) is 223 cm³/mol. The molecule has 0 bridgehead atoms. The molecule has 0 spiro atoms. The van der Waals surface area contributed by atoms with Crippen LogP contribution in [0.15, 0.2) is 49.0 Å². The molecule has 1 N–H and O–H groups in total. The maximum Gasteiger partial charge on any atom is 0.472 e. The van der Waals surface area contributed by atoms with E-state index in [1.54, 1.807) is 12.5 Å². The second kappa shape index (κ2) is 37.9. The van der Waals surface area contributed by atoms with Gasteiger partial charge in [0.05, 0.1) is 40.3 Å². The van der Waals surface area contributed by atoms with Crippen LogP contribution in [0.5, 0.6) is 0 Å². The van der Waals surface area contributed by atoms with Crippen LogP contribution in [-0.4, -0.2) is 63.0 Å². The molecule has 52 heavy (non-hydrogen) atoms. The fourth-order valence-corrected chi connectivity index (χ4v) is 6.36. The van der Waals surface area contributed by atoms with Crippen molar-refractivity contribution in [2.45, 2.75) is 187 Å². The van der Waals surface area contributed by atoms with Crippen LogP contribution < -0.4 is 0 Å². The van der Waals surface area contributed by atoms with E-state index in [0.29, 0.717) is 11.0 Å². The fraction of sp³-hybridized carbons (Fsp3) is 0.818. The van der Waals surface area contributed by atoms with E-state index < -0.39 is 13.9 Å². The molecule has 306 valence electrons. The summed E-state index contributed by atoms with van der Waals surface area (Å²) < 4.78 is 35.2. The minimum atomic E-state index is -4.18. The molecule has 0 aromatic rings. The number of phosphoric acid groups is 1. The van der Waals surface area contributed by atoms with Crippen molar-refractivity contribution in [3.63, 3.8) is 0 Å². The number of nitrogens with zero attached hydrogens (tertiary/aromatic N) is 1. The van der Waals surface area contributed by atoms with Gasteiger partial charge in [-0.3, -0.25) is 9.05 Å². The van der Waals surface area contributed by atoms with Crippen molar-refractivity contribution in [3.8, 4) is 0 Å². The van der Waals surface area contributed by atoms with Gasteiger partial charge in [-0.05, 0) is 89.2 Å². The number of rotatable bonds is 40. The predicted octanol–water partition coefficient (Wildman–Crippen LogP) is 13.6. The highest BCUT2D eigenvalue weighted by Gasteiger charge is 2.25. The number of phosphoric ester groups is 1. The van der Waals surface area contributed by atoms with Gasteiger partial charge in [-0.1, -0.05) is 128 Å². The molecule has 0 fully saturated rings. The summed E-state index contributed by atoms with van der Waals surface area (Å²) in [5.74, 6) is 0. The van der Waals surface area contributed by atoms with Crippen molar-refractivity contribution in [1.29, 1.82) is 0 Å². The van der Waals surface area contributed by atoms with Crippen molar-refractivity contribution in [2.24, 2.45) is 0 Å². The average molecular weight is 755 g/mol. The number of likely N-dealkylation sites (N-methyl/N-ethyl adjacent to an activating group) is 1. The number of allylic oxidation sites excluding steroid dienone is 6. The van der Waals surface area contributed by atoms with E-state index in [9.17, 15) is 9.46 Å². The molecular formula is C44H85NO6P+. The number of unbranched alkanes of at least 4 members (excludes halogenated alkanes) is 22. The van der Waals surface area contributed by atoms with Crippen LogP contribution >= 0.6 is 7.82 Å². The van der Waals surface area contributed by atoms with Crippen molar-refractivity contribution in [2.75, 3.05) is 47.5 Å². The van der Waals surface area contributed by atoms with Crippen LogP contribution in [0.2, 0.25) is 0 Å². The second-order valence-corrected chi connectivity index (χ2v) is 16.9. The molecule has 0 radical (unpaired) electrons. The third-order valence-corrected chi connectivity index (χ3v) is 10.0. The normalized spacial score (nSPS) is 14.3. The van der Waals surface area contributed by atoms with E-state index in [2.05, 4.69) is 44.2 Å². The zero-order valence-corrected chi connectivity index (χ0v) is 35.7. The number of quaternary nitrogens is 1. The van der Waals surface area contributed by atoms with E-state index in [1.807, 2.05) is 27.2 Å². The smallest absolute Gasteiger partial charge is 0.472 e. The maximum atomic E-state index is 12.4. The Kier molecular flexibility index (Phi) is 36.9. The Bertz CT molecular complexity index is 913. The summed E-state index contributed by atoms with van der Waals surface area (Å²) in [6, 6.07) is 0. The van der Waals surface area contributed by atoms with Crippen molar-refractivity contribution < 1.29 is 32.5 Å². The van der Waals surface area contributed by atoms with Gasteiger partial charge < -0.3 is 18.9 Å². The SMILES string of the molecule is CCCCCC/C=C\CCCCCCCC/C=C\OC[C@H](COP(=O)(O)OCC[N+](C)(C)C)O/C=C\CCCCCCCC/C=C\CCCCCC. The van der Waals surface area contributed by atoms with Gasteiger partial charge in [-0.15, -0.1) is 0 Å².